The molecule has 0 unspecified atom stereocenters. The molecule has 0 bridgehead atoms. The first-order valence-corrected chi connectivity index (χ1v) is 6.92. The van der Waals surface area contributed by atoms with Gasteiger partial charge in [0.15, 0.2) is 5.11 Å². The maximum absolute atomic E-state index is 8.71. The predicted molar refractivity (Wildman–Crippen MR) is 81.0 cm³/mol. The number of anilines is 1. The van der Waals surface area contributed by atoms with Crippen LogP contribution in [0.25, 0.3) is 0 Å². The minimum absolute atomic E-state index is 0.183. The van der Waals surface area contributed by atoms with Crippen LogP contribution < -0.4 is 10.6 Å². The third-order valence-electron chi connectivity index (χ3n) is 2.69. The largest absolute Gasteiger partial charge is 0.396 e. The normalized spacial score (nSPS) is 10.1. The van der Waals surface area contributed by atoms with Crippen LogP contribution in [0.15, 0.2) is 24.3 Å². The second-order valence-corrected chi connectivity index (χ2v) is 4.63. The zero-order chi connectivity index (χ0) is 13.2. The Balaban J connectivity index is 2.51. The van der Waals surface area contributed by atoms with Gasteiger partial charge in [-0.05, 0) is 43.1 Å². The first kappa shape index (κ1) is 14.9. The summed E-state index contributed by atoms with van der Waals surface area (Å²) >= 11 is 5.22. The van der Waals surface area contributed by atoms with E-state index in [0.717, 1.165) is 12.1 Å². The van der Waals surface area contributed by atoms with E-state index >= 15 is 0 Å². The molecule has 0 aliphatic rings. The van der Waals surface area contributed by atoms with Crippen molar-refractivity contribution in [1.29, 1.82) is 0 Å². The van der Waals surface area contributed by atoms with Gasteiger partial charge < -0.3 is 15.7 Å². The number of unbranched alkanes of at least 4 members (excludes halogenated alkanes) is 1. The molecule has 100 valence electrons. The van der Waals surface area contributed by atoms with Gasteiger partial charge >= 0.3 is 0 Å². The molecule has 0 saturated heterocycles. The summed E-state index contributed by atoms with van der Waals surface area (Å²) in [5.41, 5.74) is 2.37. The molecule has 0 spiro atoms. The number of thiocarbonyl (C=S) groups is 1. The van der Waals surface area contributed by atoms with Crippen LogP contribution in [0.4, 0.5) is 5.69 Å². The summed E-state index contributed by atoms with van der Waals surface area (Å²) < 4.78 is 0. The molecule has 0 heterocycles. The van der Waals surface area contributed by atoms with Crippen LogP contribution in [0.2, 0.25) is 0 Å². The number of rotatable bonds is 7. The zero-order valence-corrected chi connectivity index (χ0v) is 11.7. The average molecular weight is 266 g/mol. The van der Waals surface area contributed by atoms with Crippen LogP contribution in [0.3, 0.4) is 0 Å². The molecule has 0 fully saturated rings. The summed E-state index contributed by atoms with van der Waals surface area (Å²) in [5.74, 6) is 0. The summed E-state index contributed by atoms with van der Waals surface area (Å²) in [7, 11) is 0. The fraction of sp³-hybridized carbons (Fsp3) is 0.500. The molecule has 4 heteroatoms. The third-order valence-corrected chi connectivity index (χ3v) is 2.93. The van der Waals surface area contributed by atoms with Crippen molar-refractivity contribution in [3.05, 3.63) is 29.8 Å². The van der Waals surface area contributed by atoms with Crippen molar-refractivity contribution in [3.8, 4) is 0 Å². The number of aliphatic hydroxyl groups excluding tert-OH is 1. The van der Waals surface area contributed by atoms with Crippen molar-refractivity contribution >= 4 is 23.0 Å². The number of para-hydroxylation sites is 1. The maximum atomic E-state index is 8.71. The van der Waals surface area contributed by atoms with E-state index in [2.05, 4.69) is 29.7 Å². The lowest BCUT2D eigenvalue weighted by atomic mass is 10.1. The second kappa shape index (κ2) is 8.89. The quantitative estimate of drug-likeness (QED) is 0.524. The van der Waals surface area contributed by atoms with Gasteiger partial charge in [-0.25, -0.2) is 0 Å². The van der Waals surface area contributed by atoms with Crippen molar-refractivity contribution in [2.24, 2.45) is 0 Å². The molecule has 3 nitrogen and oxygen atoms in total. The fourth-order valence-electron chi connectivity index (χ4n) is 1.67. The Morgan fingerprint density at radius 1 is 1.28 bits per heavy atom. The van der Waals surface area contributed by atoms with E-state index in [1.165, 1.54) is 18.4 Å². The van der Waals surface area contributed by atoms with Gasteiger partial charge in [-0.15, -0.1) is 0 Å². The minimum Gasteiger partial charge on any atom is -0.396 e. The number of aliphatic hydroxyl groups is 1. The lowest BCUT2D eigenvalue weighted by Gasteiger charge is -2.13. The highest BCUT2D eigenvalue weighted by molar-refractivity contribution is 7.80. The number of benzene rings is 1. The Morgan fingerprint density at radius 2 is 2.06 bits per heavy atom. The lowest BCUT2D eigenvalue weighted by molar-refractivity contribution is 0.289. The van der Waals surface area contributed by atoms with Crippen LogP contribution in [0.5, 0.6) is 0 Å². The molecule has 0 saturated carbocycles. The maximum Gasteiger partial charge on any atom is 0.170 e. The Bertz CT molecular complexity index is 369. The van der Waals surface area contributed by atoms with Crippen LogP contribution in [-0.2, 0) is 6.42 Å². The Kier molecular flexibility index (Phi) is 7.37. The summed E-state index contributed by atoms with van der Waals surface area (Å²) in [6.07, 6.45) is 4.15. The highest BCUT2D eigenvalue weighted by atomic mass is 32.1. The van der Waals surface area contributed by atoms with Gasteiger partial charge in [-0.1, -0.05) is 31.5 Å². The van der Waals surface area contributed by atoms with Crippen molar-refractivity contribution in [2.45, 2.75) is 32.6 Å². The second-order valence-electron chi connectivity index (χ2n) is 4.22. The number of aryl methyl sites for hydroxylation is 1. The molecular weight excluding hydrogens is 244 g/mol. The van der Waals surface area contributed by atoms with Gasteiger partial charge in [0.25, 0.3) is 0 Å². The molecular formula is C14H22N2OS. The van der Waals surface area contributed by atoms with Crippen molar-refractivity contribution < 1.29 is 5.11 Å². The third kappa shape index (κ3) is 5.47. The average Bonchev–Trinajstić information content (AvgIpc) is 2.38. The lowest BCUT2D eigenvalue weighted by Crippen LogP contribution is -2.30. The molecule has 0 radical (unpaired) electrons. The highest BCUT2D eigenvalue weighted by Crippen LogP contribution is 2.17. The zero-order valence-electron chi connectivity index (χ0n) is 10.9. The van der Waals surface area contributed by atoms with E-state index in [0.29, 0.717) is 18.1 Å². The minimum atomic E-state index is 0.183. The summed E-state index contributed by atoms with van der Waals surface area (Å²) in [6.45, 7) is 3.07. The van der Waals surface area contributed by atoms with Gasteiger partial charge in [0.2, 0.25) is 0 Å². The Morgan fingerprint density at radius 3 is 2.78 bits per heavy atom. The van der Waals surface area contributed by atoms with Crippen molar-refractivity contribution in [1.82, 2.24) is 5.32 Å². The first-order chi connectivity index (χ1) is 8.77. The van der Waals surface area contributed by atoms with E-state index in [-0.39, 0.29) is 6.61 Å². The van der Waals surface area contributed by atoms with Crippen LogP contribution in [0.1, 0.15) is 31.7 Å². The first-order valence-electron chi connectivity index (χ1n) is 6.51. The molecule has 0 aliphatic carbocycles. The van der Waals surface area contributed by atoms with E-state index in [1.54, 1.807) is 0 Å². The van der Waals surface area contributed by atoms with Gasteiger partial charge in [-0.3, -0.25) is 0 Å². The van der Waals surface area contributed by atoms with E-state index in [9.17, 15) is 0 Å². The van der Waals surface area contributed by atoms with Gasteiger partial charge in [0, 0.05) is 18.8 Å². The molecule has 0 aliphatic heterocycles. The van der Waals surface area contributed by atoms with E-state index < -0.39 is 0 Å². The molecule has 0 atom stereocenters. The fourth-order valence-corrected chi connectivity index (χ4v) is 1.89. The monoisotopic (exact) mass is 266 g/mol. The molecule has 0 aromatic heterocycles. The molecule has 1 aromatic rings. The van der Waals surface area contributed by atoms with Gasteiger partial charge in [0.05, 0.1) is 0 Å². The van der Waals surface area contributed by atoms with Crippen LogP contribution >= 0.6 is 12.2 Å². The number of hydrogen-bond acceptors (Lipinski definition) is 2. The number of hydrogen-bond donors (Lipinski definition) is 3. The summed E-state index contributed by atoms with van der Waals surface area (Å²) in [6, 6.07) is 8.24. The highest BCUT2D eigenvalue weighted by Gasteiger charge is 2.02. The molecule has 18 heavy (non-hydrogen) atoms. The van der Waals surface area contributed by atoms with Gasteiger partial charge in [-0.2, -0.15) is 0 Å². The SMILES string of the molecule is CCCCc1ccccc1NC(=S)NCCCO. The van der Waals surface area contributed by atoms with E-state index in [4.69, 9.17) is 17.3 Å². The van der Waals surface area contributed by atoms with Crippen molar-refractivity contribution in [3.63, 3.8) is 0 Å². The Labute approximate surface area is 115 Å². The molecule has 0 amide bonds. The van der Waals surface area contributed by atoms with Crippen molar-refractivity contribution in [2.75, 3.05) is 18.5 Å². The predicted octanol–water partition coefficient (Wildman–Crippen LogP) is 2.70. The topological polar surface area (TPSA) is 44.3 Å². The van der Waals surface area contributed by atoms with Crippen LogP contribution in [-0.4, -0.2) is 23.4 Å². The smallest absolute Gasteiger partial charge is 0.170 e. The van der Waals surface area contributed by atoms with Crippen LogP contribution in [0, 0.1) is 0 Å². The number of nitrogens with one attached hydrogen (secondary N) is 2. The summed E-state index contributed by atoms with van der Waals surface area (Å²) in [5, 5.41) is 15.6. The summed E-state index contributed by atoms with van der Waals surface area (Å²) in [4.78, 5) is 0. The van der Waals surface area contributed by atoms with E-state index in [1.807, 2.05) is 12.1 Å². The standard InChI is InChI=1S/C14H22N2OS/c1-2-3-7-12-8-4-5-9-13(12)16-14(18)15-10-6-11-17/h4-5,8-9,17H,2-3,6-7,10-11H2,1H3,(H2,15,16,18). The van der Waals surface area contributed by atoms with Gasteiger partial charge in [0.1, 0.15) is 0 Å². The molecule has 1 aromatic carbocycles. The Hall–Kier alpha value is -1.13. The molecule has 3 N–H and O–H groups in total. The molecule has 1 rings (SSSR count).